The number of hydrogen-bond acceptors (Lipinski definition) is 2. The molecule has 3 N–H and O–H groups in total. The predicted octanol–water partition coefficient (Wildman–Crippen LogP) is 1.57. The van der Waals surface area contributed by atoms with Gasteiger partial charge in [0.25, 0.3) is 0 Å². The van der Waals surface area contributed by atoms with Crippen molar-refractivity contribution in [1.82, 2.24) is 5.32 Å². The second kappa shape index (κ2) is 4.49. The number of nitrogens with one attached hydrogen (secondary N) is 1. The number of carbonyl (C=O) groups is 1. The van der Waals surface area contributed by atoms with Gasteiger partial charge in [0, 0.05) is 24.4 Å². The van der Waals surface area contributed by atoms with Gasteiger partial charge in [-0.3, -0.25) is 4.79 Å². The van der Waals surface area contributed by atoms with Gasteiger partial charge in [-0.2, -0.15) is 0 Å². The topological polar surface area (TPSA) is 55.1 Å². The molecule has 92 valence electrons. The Bertz CT molecular complexity index is 420. The maximum Gasteiger partial charge on any atom is 0.221 e. The highest BCUT2D eigenvalue weighted by molar-refractivity contribution is 5.77. The molecule has 3 nitrogen and oxygen atoms in total. The van der Waals surface area contributed by atoms with Crippen molar-refractivity contribution in [3.8, 4) is 0 Å². The molecule has 1 aliphatic carbocycles. The van der Waals surface area contributed by atoms with Gasteiger partial charge in [-0.25, -0.2) is 0 Å². The third-order valence-corrected chi connectivity index (χ3v) is 3.12. The first-order valence-corrected chi connectivity index (χ1v) is 6.09. The Hall–Kier alpha value is -1.35. The first kappa shape index (κ1) is 12.1. The van der Waals surface area contributed by atoms with Gasteiger partial charge < -0.3 is 11.1 Å². The van der Waals surface area contributed by atoms with Crippen LogP contribution in [0.2, 0.25) is 0 Å². The molecule has 3 heteroatoms. The van der Waals surface area contributed by atoms with Gasteiger partial charge in [-0.15, -0.1) is 0 Å². The number of rotatable bonds is 4. The Morgan fingerprint density at radius 1 is 1.47 bits per heavy atom. The highest BCUT2D eigenvalue weighted by Gasteiger charge is 2.26. The Kier molecular flexibility index (Phi) is 3.20. The fourth-order valence-corrected chi connectivity index (χ4v) is 2.26. The molecule has 1 aromatic carbocycles. The van der Waals surface area contributed by atoms with E-state index < -0.39 is 5.54 Å². The molecule has 0 saturated carbocycles. The van der Waals surface area contributed by atoms with Crippen LogP contribution in [0, 0.1) is 0 Å². The normalized spacial score (nSPS) is 18.2. The molecule has 0 aliphatic heterocycles. The Morgan fingerprint density at radius 2 is 2.18 bits per heavy atom. The summed E-state index contributed by atoms with van der Waals surface area (Å²) in [5.41, 5.74) is 8.16. The Balaban J connectivity index is 1.80. The first-order chi connectivity index (χ1) is 7.96. The van der Waals surface area contributed by atoms with E-state index in [1.54, 1.807) is 0 Å². The highest BCUT2D eigenvalue weighted by atomic mass is 16.1. The molecule has 1 atom stereocenters. The van der Waals surface area contributed by atoms with E-state index in [0.29, 0.717) is 12.3 Å². The molecule has 0 spiro atoms. The van der Waals surface area contributed by atoms with Crippen LogP contribution in [-0.4, -0.2) is 18.0 Å². The Morgan fingerprint density at radius 3 is 2.82 bits per heavy atom. The minimum Gasteiger partial charge on any atom is -0.355 e. The van der Waals surface area contributed by atoms with Gasteiger partial charge in [0.1, 0.15) is 0 Å². The minimum atomic E-state index is -0.429. The quantitative estimate of drug-likeness (QED) is 0.828. The monoisotopic (exact) mass is 232 g/mol. The number of amides is 1. The molecular weight excluding hydrogens is 212 g/mol. The van der Waals surface area contributed by atoms with Crippen LogP contribution in [0.1, 0.15) is 37.3 Å². The number of nitrogens with two attached hydrogens (primary N) is 1. The van der Waals surface area contributed by atoms with Crippen molar-refractivity contribution in [3.05, 3.63) is 35.4 Å². The summed E-state index contributed by atoms with van der Waals surface area (Å²) in [6.07, 6.45) is 1.45. The van der Waals surface area contributed by atoms with Gasteiger partial charge in [-0.05, 0) is 31.4 Å². The largest absolute Gasteiger partial charge is 0.355 e. The molecule has 0 radical (unpaired) electrons. The molecule has 1 aromatic rings. The van der Waals surface area contributed by atoms with Crippen LogP contribution < -0.4 is 11.1 Å². The van der Waals surface area contributed by atoms with Crippen molar-refractivity contribution in [2.24, 2.45) is 5.73 Å². The van der Waals surface area contributed by atoms with Crippen molar-refractivity contribution in [2.75, 3.05) is 6.54 Å². The van der Waals surface area contributed by atoms with Crippen LogP contribution >= 0.6 is 0 Å². The molecule has 0 saturated heterocycles. The molecule has 1 aliphatic rings. The first-order valence-electron chi connectivity index (χ1n) is 6.09. The molecule has 1 amide bonds. The Labute approximate surface area is 102 Å². The summed E-state index contributed by atoms with van der Waals surface area (Å²) in [6.45, 7) is 4.46. The summed E-state index contributed by atoms with van der Waals surface area (Å²) in [7, 11) is 0. The molecule has 2 rings (SSSR count). The van der Waals surface area contributed by atoms with E-state index in [2.05, 4.69) is 29.6 Å². The summed E-state index contributed by atoms with van der Waals surface area (Å²) in [4.78, 5) is 11.6. The number of fused-ring (bicyclic) bond motifs is 1. The maximum absolute atomic E-state index is 11.6. The molecule has 0 fully saturated rings. The van der Waals surface area contributed by atoms with E-state index in [4.69, 9.17) is 5.73 Å². The van der Waals surface area contributed by atoms with Crippen LogP contribution in [-0.2, 0) is 11.2 Å². The zero-order chi connectivity index (χ0) is 12.5. The standard InChI is InChI=1S/C14H20N2O/c1-14(2,15)8-13(17)16-9-11-7-10-5-3-4-6-12(10)11/h3-6,11H,7-9,15H2,1-2H3,(H,16,17). The summed E-state index contributed by atoms with van der Waals surface area (Å²) in [5.74, 6) is 0.526. The lowest BCUT2D eigenvalue weighted by Crippen LogP contribution is -2.41. The van der Waals surface area contributed by atoms with Crippen LogP contribution in [0.3, 0.4) is 0 Å². The van der Waals surface area contributed by atoms with Crippen LogP contribution in [0.5, 0.6) is 0 Å². The number of carbonyl (C=O) groups excluding carboxylic acids is 1. The molecular formula is C14H20N2O. The molecule has 1 unspecified atom stereocenters. The molecule has 0 heterocycles. The lowest BCUT2D eigenvalue weighted by molar-refractivity contribution is -0.122. The SMILES string of the molecule is CC(C)(N)CC(=O)NCC1Cc2ccccc21. The van der Waals surface area contributed by atoms with Crippen LogP contribution in [0.25, 0.3) is 0 Å². The van der Waals surface area contributed by atoms with Crippen molar-refractivity contribution in [3.63, 3.8) is 0 Å². The summed E-state index contributed by atoms with van der Waals surface area (Å²) < 4.78 is 0. The smallest absolute Gasteiger partial charge is 0.221 e. The maximum atomic E-state index is 11.6. The summed E-state index contributed by atoms with van der Waals surface area (Å²) in [6, 6.07) is 8.40. The summed E-state index contributed by atoms with van der Waals surface area (Å²) in [5, 5.41) is 2.96. The third-order valence-electron chi connectivity index (χ3n) is 3.12. The number of benzene rings is 1. The van der Waals surface area contributed by atoms with Crippen molar-refractivity contribution in [2.45, 2.75) is 38.1 Å². The third kappa shape index (κ3) is 3.07. The highest BCUT2D eigenvalue weighted by Crippen LogP contribution is 2.33. The van der Waals surface area contributed by atoms with E-state index in [1.165, 1.54) is 11.1 Å². The fourth-order valence-electron chi connectivity index (χ4n) is 2.26. The van der Waals surface area contributed by atoms with Crippen molar-refractivity contribution >= 4 is 5.91 Å². The average Bonchev–Trinajstić information content (AvgIpc) is 2.16. The molecule has 17 heavy (non-hydrogen) atoms. The van der Waals surface area contributed by atoms with Crippen LogP contribution in [0.15, 0.2) is 24.3 Å². The van der Waals surface area contributed by atoms with Gasteiger partial charge in [0.05, 0.1) is 0 Å². The molecule has 0 bridgehead atoms. The van der Waals surface area contributed by atoms with E-state index in [9.17, 15) is 4.79 Å². The van der Waals surface area contributed by atoms with Gasteiger partial charge in [-0.1, -0.05) is 24.3 Å². The second-order valence-corrected chi connectivity index (χ2v) is 5.57. The van der Waals surface area contributed by atoms with Crippen LogP contribution in [0.4, 0.5) is 0 Å². The van der Waals surface area contributed by atoms with Gasteiger partial charge in [0.2, 0.25) is 5.91 Å². The lowest BCUT2D eigenvalue weighted by Gasteiger charge is -2.30. The summed E-state index contributed by atoms with van der Waals surface area (Å²) >= 11 is 0. The zero-order valence-corrected chi connectivity index (χ0v) is 10.5. The molecule has 0 aromatic heterocycles. The van der Waals surface area contributed by atoms with E-state index in [1.807, 2.05) is 13.8 Å². The van der Waals surface area contributed by atoms with Gasteiger partial charge in [0.15, 0.2) is 0 Å². The van der Waals surface area contributed by atoms with Crippen molar-refractivity contribution < 1.29 is 4.79 Å². The predicted molar refractivity (Wildman–Crippen MR) is 68.8 cm³/mol. The average molecular weight is 232 g/mol. The van der Waals surface area contributed by atoms with Gasteiger partial charge >= 0.3 is 0 Å². The van der Waals surface area contributed by atoms with E-state index in [0.717, 1.165) is 13.0 Å². The van der Waals surface area contributed by atoms with Crippen molar-refractivity contribution in [1.29, 1.82) is 0 Å². The lowest BCUT2D eigenvalue weighted by atomic mass is 9.77. The fraction of sp³-hybridized carbons (Fsp3) is 0.500. The zero-order valence-electron chi connectivity index (χ0n) is 10.5. The number of hydrogen-bond donors (Lipinski definition) is 2. The second-order valence-electron chi connectivity index (χ2n) is 5.57. The van der Waals surface area contributed by atoms with E-state index >= 15 is 0 Å². The van der Waals surface area contributed by atoms with E-state index in [-0.39, 0.29) is 5.91 Å². The minimum absolute atomic E-state index is 0.0434.